The Kier molecular flexibility index (Phi) is 6.52. The molecule has 11 nitrogen and oxygen atoms in total. The van der Waals surface area contributed by atoms with Gasteiger partial charge in [0.05, 0.1) is 19.8 Å². The summed E-state index contributed by atoms with van der Waals surface area (Å²) in [4.78, 5) is 37.2. The maximum Gasteiger partial charge on any atom is 0.408 e. The Labute approximate surface area is 181 Å². The second-order valence-corrected chi connectivity index (χ2v) is 9.40. The van der Waals surface area contributed by atoms with Crippen LogP contribution in [0, 0.1) is 5.92 Å². The third kappa shape index (κ3) is 5.28. The lowest BCUT2D eigenvalue weighted by atomic mass is 9.88. The Morgan fingerprint density at radius 1 is 1.10 bits per heavy atom. The van der Waals surface area contributed by atoms with Gasteiger partial charge in [-0.2, -0.15) is 0 Å². The van der Waals surface area contributed by atoms with Crippen LogP contribution in [0.2, 0.25) is 0 Å². The maximum atomic E-state index is 12.8. The molecular formula is C20H32N2O9. The van der Waals surface area contributed by atoms with Crippen LogP contribution in [0.15, 0.2) is 0 Å². The molecule has 0 bridgehead atoms. The molecule has 0 radical (unpaired) electrons. The summed E-state index contributed by atoms with van der Waals surface area (Å²) >= 11 is 0. The minimum Gasteiger partial charge on any atom is -0.469 e. The van der Waals surface area contributed by atoms with Crippen LogP contribution in [0.3, 0.4) is 0 Å². The molecule has 0 aromatic rings. The number of amides is 2. The van der Waals surface area contributed by atoms with Gasteiger partial charge in [0, 0.05) is 0 Å². The van der Waals surface area contributed by atoms with Crippen molar-refractivity contribution in [2.45, 2.75) is 89.6 Å². The van der Waals surface area contributed by atoms with E-state index in [1.165, 1.54) is 14.0 Å². The first kappa shape index (κ1) is 23.7. The normalized spacial score (nSPS) is 34.8. The molecule has 3 aliphatic heterocycles. The first-order chi connectivity index (χ1) is 14.3. The third-order valence-corrected chi connectivity index (χ3v) is 5.22. The zero-order chi connectivity index (χ0) is 23.1. The van der Waals surface area contributed by atoms with Crippen LogP contribution in [0.25, 0.3) is 0 Å². The summed E-state index contributed by atoms with van der Waals surface area (Å²) in [6, 6.07) is -1.68. The average molecular weight is 444 g/mol. The van der Waals surface area contributed by atoms with E-state index in [1.807, 2.05) is 0 Å². The Hall–Kier alpha value is -1.95. The van der Waals surface area contributed by atoms with E-state index in [0.717, 1.165) is 0 Å². The summed E-state index contributed by atoms with van der Waals surface area (Å²) in [6.45, 7) is 10.2. The van der Waals surface area contributed by atoms with Crippen LogP contribution in [0.4, 0.5) is 4.79 Å². The van der Waals surface area contributed by atoms with Crippen LogP contribution in [-0.2, 0) is 38.0 Å². The first-order valence-electron chi connectivity index (χ1n) is 10.3. The second-order valence-electron chi connectivity index (χ2n) is 9.40. The number of esters is 1. The zero-order valence-electron chi connectivity index (χ0n) is 18.9. The fraction of sp³-hybridized carbons (Fsp3) is 0.850. The zero-order valence-corrected chi connectivity index (χ0v) is 18.9. The molecule has 2 amide bonds. The third-order valence-electron chi connectivity index (χ3n) is 5.22. The molecule has 0 spiro atoms. The molecule has 3 aliphatic rings. The number of ether oxygens (including phenoxy) is 6. The van der Waals surface area contributed by atoms with Gasteiger partial charge in [0.25, 0.3) is 0 Å². The highest BCUT2D eigenvalue weighted by Gasteiger charge is 2.61. The van der Waals surface area contributed by atoms with E-state index in [4.69, 9.17) is 28.4 Å². The van der Waals surface area contributed by atoms with Crippen molar-refractivity contribution in [1.29, 1.82) is 0 Å². The Morgan fingerprint density at radius 3 is 2.39 bits per heavy atom. The summed E-state index contributed by atoms with van der Waals surface area (Å²) in [5.74, 6) is -2.67. The molecule has 0 aromatic carbocycles. The number of methoxy groups -OCH3 is 1. The minimum atomic E-state index is -0.915. The van der Waals surface area contributed by atoms with E-state index in [9.17, 15) is 14.4 Å². The highest BCUT2D eigenvalue weighted by Crippen LogP contribution is 2.42. The molecule has 31 heavy (non-hydrogen) atoms. The largest absolute Gasteiger partial charge is 0.469 e. The number of fused-ring (bicyclic) bond motifs is 3. The van der Waals surface area contributed by atoms with Gasteiger partial charge in [0.15, 0.2) is 12.1 Å². The highest BCUT2D eigenvalue weighted by atomic mass is 16.8. The van der Waals surface area contributed by atoms with Gasteiger partial charge < -0.3 is 39.1 Å². The fourth-order valence-electron chi connectivity index (χ4n) is 3.92. The molecule has 176 valence electrons. The van der Waals surface area contributed by atoms with E-state index in [0.29, 0.717) is 0 Å². The first-order valence-corrected chi connectivity index (χ1v) is 10.3. The fourth-order valence-corrected chi connectivity index (χ4v) is 3.92. The molecular weight excluding hydrogens is 412 g/mol. The van der Waals surface area contributed by atoms with Gasteiger partial charge in [-0.1, -0.05) is 0 Å². The van der Waals surface area contributed by atoms with E-state index in [-0.39, 0.29) is 6.61 Å². The Balaban J connectivity index is 1.70. The van der Waals surface area contributed by atoms with Crippen molar-refractivity contribution in [3.63, 3.8) is 0 Å². The summed E-state index contributed by atoms with van der Waals surface area (Å²) in [5, 5.41) is 5.29. The number of nitrogens with one attached hydrogen (secondary N) is 2. The van der Waals surface area contributed by atoms with Crippen LogP contribution in [0.5, 0.6) is 0 Å². The average Bonchev–Trinajstić information content (AvgIpc) is 3.11. The molecule has 2 N–H and O–H groups in total. The molecule has 3 fully saturated rings. The monoisotopic (exact) mass is 444 g/mol. The van der Waals surface area contributed by atoms with E-state index >= 15 is 0 Å². The molecule has 3 saturated heterocycles. The van der Waals surface area contributed by atoms with Gasteiger partial charge >= 0.3 is 12.1 Å². The number of hydrogen-bond acceptors (Lipinski definition) is 9. The molecule has 0 unspecified atom stereocenters. The van der Waals surface area contributed by atoms with E-state index in [2.05, 4.69) is 10.6 Å². The van der Waals surface area contributed by atoms with E-state index < -0.39 is 72.0 Å². The van der Waals surface area contributed by atoms with Crippen LogP contribution >= 0.6 is 0 Å². The van der Waals surface area contributed by atoms with Gasteiger partial charge in [-0.15, -0.1) is 0 Å². The summed E-state index contributed by atoms with van der Waals surface area (Å²) in [5.41, 5.74) is -0.701. The van der Waals surface area contributed by atoms with Crippen molar-refractivity contribution in [2.75, 3.05) is 13.7 Å². The number of alkyl carbamates (subject to hydrolysis) is 1. The number of carbonyl (C=O) groups excluding carboxylic acids is 3. The minimum absolute atomic E-state index is 0.0169. The lowest BCUT2D eigenvalue weighted by Crippen LogP contribution is -2.62. The topological polar surface area (TPSA) is 131 Å². The van der Waals surface area contributed by atoms with E-state index in [1.54, 1.807) is 34.6 Å². The SMILES string of the molecule is COC(=O)[C@H]1CO[C@H]2[C@H](O[C@@H]3OC(C)(C)O[C@@H]32)[C@H]1NC(=O)[C@H](C)NC(=O)OC(C)(C)C. The maximum absolute atomic E-state index is 12.8. The predicted octanol–water partition coefficient (Wildman–Crippen LogP) is 0.449. The van der Waals surface area contributed by atoms with Crippen molar-refractivity contribution in [1.82, 2.24) is 10.6 Å². The summed E-state index contributed by atoms with van der Waals surface area (Å²) in [7, 11) is 1.26. The van der Waals surface area contributed by atoms with Gasteiger partial charge in [-0.3, -0.25) is 9.59 Å². The van der Waals surface area contributed by atoms with Crippen LogP contribution < -0.4 is 10.6 Å². The summed E-state index contributed by atoms with van der Waals surface area (Å²) in [6.07, 6.45) is -3.12. The molecule has 3 rings (SSSR count). The summed E-state index contributed by atoms with van der Waals surface area (Å²) < 4.78 is 33.6. The van der Waals surface area contributed by atoms with Gasteiger partial charge in [-0.05, 0) is 41.5 Å². The smallest absolute Gasteiger partial charge is 0.408 e. The van der Waals surface area contributed by atoms with Crippen LogP contribution in [-0.4, -0.2) is 79.8 Å². The standard InChI is InChI=1S/C20H32N2O9/c1-9(21-18(25)31-19(2,3)4)15(23)22-11-10(16(24)26-7)8-27-13-12(11)28-17-14(13)29-20(5,6)30-17/h9-14,17H,8H2,1-7H3,(H,21,25)(H,22,23)/t9-,10-,11-,12+,13-,14+,17+/m0/s1. The van der Waals surface area contributed by atoms with Crippen molar-refractivity contribution < 1.29 is 42.8 Å². The van der Waals surface area contributed by atoms with Gasteiger partial charge in [-0.25, -0.2) is 4.79 Å². The molecule has 11 heteroatoms. The molecule has 0 aliphatic carbocycles. The van der Waals surface area contributed by atoms with Gasteiger partial charge in [0.1, 0.15) is 35.9 Å². The van der Waals surface area contributed by atoms with Crippen LogP contribution in [0.1, 0.15) is 41.5 Å². The molecule has 0 aromatic heterocycles. The Bertz CT molecular complexity index is 720. The van der Waals surface area contributed by atoms with Crippen molar-refractivity contribution in [2.24, 2.45) is 5.92 Å². The lowest BCUT2D eigenvalue weighted by molar-refractivity contribution is -0.234. The molecule has 0 saturated carbocycles. The second kappa shape index (κ2) is 8.53. The van der Waals surface area contributed by atoms with Gasteiger partial charge in [0.2, 0.25) is 5.91 Å². The highest BCUT2D eigenvalue weighted by molar-refractivity contribution is 5.86. The van der Waals surface area contributed by atoms with Crippen molar-refractivity contribution >= 4 is 18.0 Å². The lowest BCUT2D eigenvalue weighted by Gasteiger charge is -2.39. The Morgan fingerprint density at radius 2 is 1.77 bits per heavy atom. The number of carbonyl (C=O) groups is 3. The molecule has 7 atom stereocenters. The molecule has 3 heterocycles. The van der Waals surface area contributed by atoms with Crippen molar-refractivity contribution in [3.05, 3.63) is 0 Å². The van der Waals surface area contributed by atoms with Crippen molar-refractivity contribution in [3.8, 4) is 0 Å². The number of rotatable bonds is 4. The predicted molar refractivity (Wildman–Crippen MR) is 105 cm³/mol. The quantitative estimate of drug-likeness (QED) is 0.593. The number of hydrogen-bond donors (Lipinski definition) is 2.